The third-order valence-corrected chi connectivity index (χ3v) is 10.1. The van der Waals surface area contributed by atoms with Crippen molar-refractivity contribution in [3.05, 3.63) is 142 Å². The van der Waals surface area contributed by atoms with Gasteiger partial charge in [0.05, 0.1) is 0 Å². The summed E-state index contributed by atoms with van der Waals surface area (Å²) in [5, 5.41) is 0. The van der Waals surface area contributed by atoms with Crippen molar-refractivity contribution in [2.45, 2.75) is 76.1 Å². The number of halogens is 16. The second-order valence-corrected chi connectivity index (χ2v) is 13.3. The Kier molecular flexibility index (Phi) is 10.9. The SMILES string of the molecule is CC(F)(F)c1ccc(C(C)(F)F)cc1.CC12C(F)(F)c3ccc(cc3)C(F)(F)C1(C)C(F)(F)c1ccc(cc1)C2(F)F.FC(F)c1ccc(C(F)F)cc1. The summed E-state index contributed by atoms with van der Waals surface area (Å²) in [4.78, 5) is 0. The van der Waals surface area contributed by atoms with Gasteiger partial charge in [0.25, 0.3) is 48.4 Å². The molecule has 0 spiro atoms. The summed E-state index contributed by atoms with van der Waals surface area (Å²) < 4.78 is 223. The molecular formula is C38H30F16. The van der Waals surface area contributed by atoms with Crippen LogP contribution in [0.1, 0.15) is 85.1 Å². The van der Waals surface area contributed by atoms with Crippen LogP contribution in [0.4, 0.5) is 70.2 Å². The quantitative estimate of drug-likeness (QED) is 0.181. The maximum Gasteiger partial charge on any atom is 0.285 e. The molecule has 16 heteroatoms. The molecule has 4 aliphatic rings. The lowest BCUT2D eigenvalue weighted by atomic mass is 9.48. The fourth-order valence-electron chi connectivity index (χ4n) is 6.43. The molecule has 4 aromatic carbocycles. The second kappa shape index (κ2) is 13.8. The molecule has 0 heterocycles. The summed E-state index contributed by atoms with van der Waals surface area (Å²) in [6.45, 7) is 1.74. The molecule has 0 fully saturated rings. The van der Waals surface area contributed by atoms with Crippen LogP contribution in [0.15, 0.2) is 97.1 Å². The van der Waals surface area contributed by atoms with E-state index in [4.69, 9.17) is 0 Å². The number of alkyl halides is 16. The molecule has 0 nitrogen and oxygen atoms in total. The molecule has 0 aromatic heterocycles. The van der Waals surface area contributed by atoms with Crippen LogP contribution in [0.2, 0.25) is 0 Å². The molecule has 0 amide bonds. The molecule has 54 heavy (non-hydrogen) atoms. The highest BCUT2D eigenvalue weighted by Crippen LogP contribution is 2.77. The smallest absolute Gasteiger partial charge is 0.205 e. The fraction of sp³-hybridized carbons (Fsp3) is 0.368. The maximum atomic E-state index is 15.6. The predicted molar refractivity (Wildman–Crippen MR) is 167 cm³/mol. The van der Waals surface area contributed by atoms with Crippen molar-refractivity contribution < 1.29 is 70.2 Å². The molecule has 0 atom stereocenters. The highest BCUT2D eigenvalue weighted by Gasteiger charge is 2.86. The predicted octanol–water partition coefficient (Wildman–Crippen LogP) is 14.3. The van der Waals surface area contributed by atoms with E-state index < -0.39 is 81.5 Å². The van der Waals surface area contributed by atoms with Gasteiger partial charge in [-0.3, -0.25) is 0 Å². The van der Waals surface area contributed by atoms with E-state index in [0.717, 1.165) is 62.4 Å². The summed E-state index contributed by atoms with van der Waals surface area (Å²) >= 11 is 0. The van der Waals surface area contributed by atoms with Gasteiger partial charge in [0.1, 0.15) is 10.8 Å². The van der Waals surface area contributed by atoms with Crippen molar-refractivity contribution in [2.24, 2.45) is 10.8 Å². The minimum atomic E-state index is -4.70. The lowest BCUT2D eigenvalue weighted by molar-refractivity contribution is -0.393. The van der Waals surface area contributed by atoms with Crippen molar-refractivity contribution in [1.29, 1.82) is 0 Å². The Bertz CT molecular complexity index is 1670. The van der Waals surface area contributed by atoms with Crippen LogP contribution >= 0.6 is 0 Å². The van der Waals surface area contributed by atoms with Crippen molar-refractivity contribution in [2.75, 3.05) is 0 Å². The summed E-state index contributed by atoms with van der Waals surface area (Å²) in [5.74, 6) is -24.8. The van der Waals surface area contributed by atoms with Crippen LogP contribution in [-0.4, -0.2) is 0 Å². The van der Waals surface area contributed by atoms with E-state index >= 15 is 35.1 Å². The van der Waals surface area contributed by atoms with Gasteiger partial charge in [0.15, 0.2) is 0 Å². The zero-order valence-corrected chi connectivity index (χ0v) is 28.4. The molecule has 0 N–H and O–H groups in total. The van der Waals surface area contributed by atoms with Gasteiger partial charge in [-0.05, 0) is 13.8 Å². The normalized spacial score (nSPS) is 23.1. The topological polar surface area (TPSA) is 0 Å². The van der Waals surface area contributed by atoms with Crippen molar-refractivity contribution in [3.63, 3.8) is 0 Å². The number of fused-ring (bicyclic) bond motifs is 4. The van der Waals surface area contributed by atoms with E-state index in [2.05, 4.69) is 0 Å². The third kappa shape index (κ3) is 6.71. The minimum Gasteiger partial charge on any atom is -0.205 e. The molecule has 4 aromatic rings. The first-order valence-electron chi connectivity index (χ1n) is 15.8. The number of hydrogen-bond acceptors (Lipinski definition) is 0. The van der Waals surface area contributed by atoms with E-state index in [1.165, 1.54) is 0 Å². The van der Waals surface area contributed by atoms with E-state index in [1.54, 1.807) is 0 Å². The van der Waals surface area contributed by atoms with Gasteiger partial charge in [-0.1, -0.05) is 97.1 Å². The fourth-order valence-corrected chi connectivity index (χ4v) is 6.43. The minimum absolute atomic E-state index is 0.140. The van der Waals surface area contributed by atoms with Gasteiger partial charge in [-0.25, -0.2) is 70.2 Å². The van der Waals surface area contributed by atoms with Crippen LogP contribution in [0.3, 0.4) is 0 Å². The highest BCUT2D eigenvalue weighted by atomic mass is 19.3. The standard InChI is InChI=1S/C20H14F8.C10H10F4.C8H6F4/c1-15-16(2,19(25,26)13-7-3-11(4-8-13)17(15,21)22)20(27,28)14-9-5-12(6-10-14)18(15,23)24;1-9(11,12)7-3-5-8(6-4-7)10(2,13)14;9-7(10)5-1-2-6(4-3-5)8(11)12/h3-10H,1-2H3;3-6H,1-2H3;1-4,7-8H. The Morgan fingerprint density at radius 2 is 0.556 bits per heavy atom. The van der Waals surface area contributed by atoms with E-state index in [0.29, 0.717) is 48.5 Å². The van der Waals surface area contributed by atoms with E-state index in [-0.39, 0.29) is 36.1 Å². The van der Waals surface area contributed by atoms with Crippen molar-refractivity contribution >= 4 is 0 Å². The van der Waals surface area contributed by atoms with Gasteiger partial charge in [-0.2, -0.15) is 0 Å². The second-order valence-electron chi connectivity index (χ2n) is 13.3. The molecule has 0 unspecified atom stereocenters. The van der Waals surface area contributed by atoms with Crippen LogP contribution < -0.4 is 0 Å². The maximum absolute atomic E-state index is 15.6. The van der Waals surface area contributed by atoms with Gasteiger partial charge in [0.2, 0.25) is 0 Å². The first-order chi connectivity index (χ1) is 24.5. The summed E-state index contributed by atoms with van der Waals surface area (Å²) in [7, 11) is 0. The molecular weight excluding hydrogens is 760 g/mol. The Morgan fingerprint density at radius 1 is 0.370 bits per heavy atom. The van der Waals surface area contributed by atoms with Crippen LogP contribution in [0, 0.1) is 10.8 Å². The average molecular weight is 791 g/mol. The Labute approximate surface area is 298 Å². The van der Waals surface area contributed by atoms with Gasteiger partial charge < -0.3 is 0 Å². The lowest BCUT2D eigenvalue weighted by Crippen LogP contribution is -2.69. The van der Waals surface area contributed by atoms with Crippen LogP contribution in [0.5, 0.6) is 0 Å². The molecule has 0 radical (unpaired) electrons. The first kappa shape index (κ1) is 42.5. The van der Waals surface area contributed by atoms with Crippen LogP contribution in [-0.2, 0) is 35.5 Å². The summed E-state index contributed by atoms with van der Waals surface area (Å²) in [5.41, 5.74) is -13.4. The zero-order valence-electron chi connectivity index (χ0n) is 28.4. The molecule has 4 bridgehead atoms. The van der Waals surface area contributed by atoms with E-state index in [1.807, 2.05) is 0 Å². The third-order valence-electron chi connectivity index (χ3n) is 10.1. The first-order valence-corrected chi connectivity index (χ1v) is 15.8. The van der Waals surface area contributed by atoms with Crippen molar-refractivity contribution in [3.8, 4) is 0 Å². The summed E-state index contributed by atoms with van der Waals surface area (Å²) in [6.07, 6.45) is -5.20. The average Bonchev–Trinajstić information content (AvgIpc) is 3.10. The van der Waals surface area contributed by atoms with Gasteiger partial charge in [-0.15, -0.1) is 0 Å². The lowest BCUT2D eigenvalue weighted by Gasteiger charge is -2.60. The number of rotatable bonds is 4. The Hall–Kier alpha value is -4.24. The molecule has 4 aliphatic carbocycles. The molecule has 0 saturated carbocycles. The largest absolute Gasteiger partial charge is 0.285 e. The molecule has 0 saturated heterocycles. The monoisotopic (exact) mass is 790 g/mol. The molecule has 294 valence electrons. The van der Waals surface area contributed by atoms with Crippen molar-refractivity contribution in [1.82, 2.24) is 0 Å². The zero-order chi connectivity index (χ0) is 41.1. The molecule has 8 rings (SSSR count). The van der Waals surface area contributed by atoms with Gasteiger partial charge >= 0.3 is 0 Å². The molecule has 0 aliphatic heterocycles. The van der Waals surface area contributed by atoms with E-state index in [9.17, 15) is 35.1 Å². The van der Waals surface area contributed by atoms with Gasteiger partial charge in [0, 0.05) is 58.4 Å². The van der Waals surface area contributed by atoms with Crippen LogP contribution in [0.25, 0.3) is 0 Å². The highest BCUT2D eigenvalue weighted by molar-refractivity contribution is 5.44. The Morgan fingerprint density at radius 3 is 0.704 bits per heavy atom. The number of benzene rings is 4. The number of hydrogen-bond donors (Lipinski definition) is 0. The summed E-state index contributed by atoms with van der Waals surface area (Å²) in [6, 6.07) is 12.8. The Balaban J connectivity index is 0.000000208.